The van der Waals surface area contributed by atoms with Crippen molar-refractivity contribution in [2.75, 3.05) is 11.9 Å². The molecule has 6 heteroatoms. The van der Waals surface area contributed by atoms with Crippen molar-refractivity contribution in [1.82, 2.24) is 0 Å². The second-order valence-corrected chi connectivity index (χ2v) is 6.98. The Kier molecular flexibility index (Phi) is 6.79. The summed E-state index contributed by atoms with van der Waals surface area (Å²) in [6, 6.07) is 10.0. The lowest BCUT2D eigenvalue weighted by molar-refractivity contribution is 0.102. The largest absolute Gasteiger partial charge is 0.494 e. The van der Waals surface area contributed by atoms with Gasteiger partial charge in [0.05, 0.1) is 27.4 Å². The van der Waals surface area contributed by atoms with E-state index in [0.29, 0.717) is 44.6 Å². The molecule has 0 heterocycles. The predicted molar refractivity (Wildman–Crippen MR) is 101 cm³/mol. The van der Waals surface area contributed by atoms with Gasteiger partial charge < -0.3 is 10.1 Å². The van der Waals surface area contributed by atoms with Crippen LogP contribution in [0.25, 0.3) is 0 Å². The molecular formula is C18H18Cl3NO2. The normalized spacial score (nSPS) is 10.8. The number of rotatable bonds is 6. The van der Waals surface area contributed by atoms with E-state index in [1.165, 1.54) is 12.1 Å². The molecule has 0 bridgehead atoms. The Bertz CT molecular complexity index is 732. The molecule has 0 atom stereocenters. The monoisotopic (exact) mass is 385 g/mol. The van der Waals surface area contributed by atoms with E-state index in [2.05, 4.69) is 19.2 Å². The molecule has 0 aliphatic carbocycles. The van der Waals surface area contributed by atoms with Crippen molar-refractivity contribution < 1.29 is 9.53 Å². The van der Waals surface area contributed by atoms with Crippen molar-refractivity contribution in [2.45, 2.75) is 20.3 Å². The Morgan fingerprint density at radius 1 is 1.08 bits per heavy atom. The van der Waals surface area contributed by atoms with Crippen LogP contribution in [0.1, 0.15) is 30.6 Å². The summed E-state index contributed by atoms with van der Waals surface area (Å²) in [6.45, 7) is 4.88. The van der Waals surface area contributed by atoms with Crippen LogP contribution in [0.5, 0.6) is 5.75 Å². The van der Waals surface area contributed by atoms with Crippen LogP contribution in [0.3, 0.4) is 0 Å². The van der Waals surface area contributed by atoms with E-state index < -0.39 is 0 Å². The zero-order valence-electron chi connectivity index (χ0n) is 13.4. The maximum Gasteiger partial charge on any atom is 0.255 e. The van der Waals surface area contributed by atoms with Crippen molar-refractivity contribution in [3.05, 3.63) is 57.0 Å². The number of carbonyl (C=O) groups is 1. The first-order valence-electron chi connectivity index (χ1n) is 7.55. The highest BCUT2D eigenvalue weighted by Crippen LogP contribution is 2.32. The first kappa shape index (κ1) is 18.9. The third kappa shape index (κ3) is 5.30. The fourth-order valence-corrected chi connectivity index (χ4v) is 2.55. The van der Waals surface area contributed by atoms with Crippen LogP contribution in [0, 0.1) is 5.92 Å². The van der Waals surface area contributed by atoms with E-state index in [9.17, 15) is 4.79 Å². The molecule has 0 aliphatic heterocycles. The summed E-state index contributed by atoms with van der Waals surface area (Å²) in [5.41, 5.74) is 0.876. The van der Waals surface area contributed by atoms with Gasteiger partial charge in [0.2, 0.25) is 0 Å². The first-order chi connectivity index (χ1) is 11.4. The highest BCUT2D eigenvalue weighted by atomic mass is 35.5. The number of anilines is 1. The molecule has 1 amide bonds. The van der Waals surface area contributed by atoms with E-state index in [-0.39, 0.29) is 5.91 Å². The second-order valence-electron chi connectivity index (χ2n) is 5.76. The van der Waals surface area contributed by atoms with E-state index in [4.69, 9.17) is 39.5 Å². The summed E-state index contributed by atoms with van der Waals surface area (Å²) in [5, 5.41) is 3.70. The van der Waals surface area contributed by atoms with Crippen LogP contribution in [-0.4, -0.2) is 12.5 Å². The molecule has 0 aliphatic rings. The average molecular weight is 387 g/mol. The molecule has 2 aromatic rings. The van der Waals surface area contributed by atoms with Crippen LogP contribution in [0.4, 0.5) is 5.69 Å². The minimum atomic E-state index is -0.301. The Balaban J connectivity index is 2.08. The van der Waals surface area contributed by atoms with Gasteiger partial charge in [0.25, 0.3) is 5.91 Å². The lowest BCUT2D eigenvalue weighted by Crippen LogP contribution is -2.12. The van der Waals surface area contributed by atoms with Gasteiger partial charge in [-0.15, -0.1) is 0 Å². The zero-order chi connectivity index (χ0) is 17.7. The summed E-state index contributed by atoms with van der Waals surface area (Å²) >= 11 is 17.9. The molecule has 0 saturated heterocycles. The summed E-state index contributed by atoms with van der Waals surface area (Å²) in [7, 11) is 0. The third-order valence-corrected chi connectivity index (χ3v) is 4.35. The fourth-order valence-electron chi connectivity index (χ4n) is 1.95. The van der Waals surface area contributed by atoms with Gasteiger partial charge >= 0.3 is 0 Å². The molecular weight excluding hydrogens is 369 g/mol. The van der Waals surface area contributed by atoms with Crippen molar-refractivity contribution in [3.8, 4) is 5.75 Å². The van der Waals surface area contributed by atoms with Gasteiger partial charge in [-0.2, -0.15) is 0 Å². The average Bonchev–Trinajstić information content (AvgIpc) is 2.52. The summed E-state index contributed by atoms with van der Waals surface area (Å²) < 4.78 is 5.67. The Morgan fingerprint density at radius 3 is 2.50 bits per heavy atom. The van der Waals surface area contributed by atoms with Gasteiger partial charge in [0.15, 0.2) is 0 Å². The molecule has 24 heavy (non-hydrogen) atoms. The first-order valence-corrected chi connectivity index (χ1v) is 8.69. The van der Waals surface area contributed by atoms with Crippen molar-refractivity contribution in [2.24, 2.45) is 5.92 Å². The second kappa shape index (κ2) is 8.61. The summed E-state index contributed by atoms with van der Waals surface area (Å²) in [6.07, 6.45) is 0.954. The van der Waals surface area contributed by atoms with E-state index in [1.807, 2.05) is 6.07 Å². The van der Waals surface area contributed by atoms with Crippen LogP contribution in [-0.2, 0) is 0 Å². The highest BCUT2D eigenvalue weighted by Gasteiger charge is 2.12. The van der Waals surface area contributed by atoms with Gasteiger partial charge in [0.1, 0.15) is 5.75 Å². The van der Waals surface area contributed by atoms with Crippen LogP contribution in [0.2, 0.25) is 15.1 Å². The molecule has 0 unspecified atom stereocenters. The molecule has 2 rings (SSSR count). The lowest BCUT2D eigenvalue weighted by Gasteiger charge is -2.11. The number of nitrogens with one attached hydrogen (secondary N) is 1. The van der Waals surface area contributed by atoms with Gasteiger partial charge in [-0.25, -0.2) is 0 Å². The number of benzene rings is 2. The number of hydrogen-bond donors (Lipinski definition) is 1. The van der Waals surface area contributed by atoms with E-state index in [1.54, 1.807) is 18.2 Å². The molecule has 3 nitrogen and oxygen atoms in total. The number of hydrogen-bond acceptors (Lipinski definition) is 2. The predicted octanol–water partition coefficient (Wildman–Crippen LogP) is 6.32. The van der Waals surface area contributed by atoms with Gasteiger partial charge in [-0.3, -0.25) is 4.79 Å². The molecule has 128 valence electrons. The maximum absolute atomic E-state index is 12.4. The minimum Gasteiger partial charge on any atom is -0.494 e. The molecule has 0 saturated carbocycles. The van der Waals surface area contributed by atoms with Crippen molar-refractivity contribution in [1.29, 1.82) is 0 Å². The van der Waals surface area contributed by atoms with E-state index >= 15 is 0 Å². The summed E-state index contributed by atoms with van der Waals surface area (Å²) in [4.78, 5) is 12.4. The van der Waals surface area contributed by atoms with Crippen LogP contribution in [0.15, 0.2) is 36.4 Å². The van der Waals surface area contributed by atoms with Crippen molar-refractivity contribution >= 4 is 46.4 Å². The molecule has 0 fully saturated rings. The SMILES string of the molecule is CC(C)CCOc1cccc(C(=O)Nc2cc(Cl)c(Cl)cc2Cl)c1. The van der Waals surface area contributed by atoms with Crippen molar-refractivity contribution in [3.63, 3.8) is 0 Å². The molecule has 2 aromatic carbocycles. The Labute approximate surface area is 156 Å². The Morgan fingerprint density at radius 2 is 1.79 bits per heavy atom. The molecule has 1 N–H and O–H groups in total. The molecule has 0 radical (unpaired) electrons. The third-order valence-electron chi connectivity index (χ3n) is 3.32. The number of amides is 1. The Hall–Kier alpha value is -1.42. The summed E-state index contributed by atoms with van der Waals surface area (Å²) in [5.74, 6) is 0.918. The van der Waals surface area contributed by atoms with E-state index in [0.717, 1.165) is 6.42 Å². The molecule has 0 spiro atoms. The number of ether oxygens (including phenoxy) is 1. The maximum atomic E-state index is 12.4. The topological polar surface area (TPSA) is 38.3 Å². The number of carbonyl (C=O) groups excluding carboxylic acids is 1. The number of halogens is 3. The standard InChI is InChI=1S/C18H18Cl3NO2/c1-11(2)6-7-24-13-5-3-4-12(8-13)18(23)22-17-10-15(20)14(19)9-16(17)21/h3-5,8-11H,6-7H2,1-2H3,(H,22,23). The minimum absolute atomic E-state index is 0.301. The lowest BCUT2D eigenvalue weighted by atomic mass is 10.1. The van der Waals surface area contributed by atoms with Gasteiger partial charge in [-0.1, -0.05) is 54.7 Å². The van der Waals surface area contributed by atoms with Gasteiger partial charge in [0, 0.05) is 5.56 Å². The molecule has 0 aromatic heterocycles. The smallest absolute Gasteiger partial charge is 0.255 e. The quantitative estimate of drug-likeness (QED) is 0.589. The van der Waals surface area contributed by atoms with Crippen LogP contribution < -0.4 is 10.1 Å². The zero-order valence-corrected chi connectivity index (χ0v) is 15.7. The van der Waals surface area contributed by atoms with Gasteiger partial charge in [-0.05, 0) is 42.7 Å². The fraction of sp³-hybridized carbons (Fsp3) is 0.278. The van der Waals surface area contributed by atoms with Crippen LogP contribution >= 0.6 is 34.8 Å². The highest BCUT2D eigenvalue weighted by molar-refractivity contribution is 6.44.